The van der Waals surface area contributed by atoms with Gasteiger partial charge in [-0.2, -0.15) is 0 Å². The molecule has 0 spiro atoms. The van der Waals surface area contributed by atoms with Gasteiger partial charge in [0.25, 0.3) is 0 Å². The van der Waals surface area contributed by atoms with Crippen LogP contribution in [0.2, 0.25) is 5.02 Å². The third-order valence-corrected chi connectivity index (χ3v) is 4.79. The third kappa shape index (κ3) is 1.90. The van der Waals surface area contributed by atoms with E-state index in [0.717, 1.165) is 19.3 Å². The van der Waals surface area contributed by atoms with Crippen molar-refractivity contribution in [3.05, 3.63) is 23.2 Å². The number of benzene rings is 1. The zero-order chi connectivity index (χ0) is 14.4. The van der Waals surface area contributed by atoms with Crippen molar-refractivity contribution in [1.82, 2.24) is 0 Å². The number of hydrogen-bond donors (Lipinski definition) is 1. The number of carbonyl (C=O) groups excluding carboxylic acids is 2. The van der Waals surface area contributed by atoms with Gasteiger partial charge in [0, 0.05) is 6.07 Å². The van der Waals surface area contributed by atoms with E-state index in [1.54, 1.807) is 0 Å². The number of fused-ring (bicyclic) bond motifs is 1. The van der Waals surface area contributed by atoms with Crippen molar-refractivity contribution in [2.24, 2.45) is 17.8 Å². The molecule has 4 nitrogen and oxygen atoms in total. The smallest absolute Gasteiger partial charge is 0.237 e. The molecule has 0 radical (unpaired) electrons. The van der Waals surface area contributed by atoms with E-state index in [1.165, 1.54) is 23.1 Å². The Morgan fingerprint density at radius 2 is 1.85 bits per heavy atom. The zero-order valence-electron chi connectivity index (χ0n) is 11.2. The van der Waals surface area contributed by atoms with Crippen molar-refractivity contribution in [3.8, 4) is 5.75 Å². The van der Waals surface area contributed by atoms with Gasteiger partial charge in [-0.05, 0) is 30.9 Å². The second-order valence-corrected chi connectivity index (χ2v) is 6.01. The average molecular weight is 294 g/mol. The number of phenolic OH excluding ortho intramolecular Hbond substituents is 1. The van der Waals surface area contributed by atoms with Crippen molar-refractivity contribution in [2.45, 2.75) is 26.2 Å². The van der Waals surface area contributed by atoms with E-state index in [9.17, 15) is 14.7 Å². The van der Waals surface area contributed by atoms with Gasteiger partial charge in [0.05, 0.1) is 22.5 Å². The number of imide groups is 1. The van der Waals surface area contributed by atoms with Crippen LogP contribution in [0.5, 0.6) is 5.75 Å². The maximum absolute atomic E-state index is 12.5. The molecule has 106 valence electrons. The second-order valence-electron chi connectivity index (χ2n) is 5.61. The molecule has 5 heteroatoms. The fraction of sp³-hybridized carbons (Fsp3) is 0.467. The SMILES string of the molecule is CCC1CC2C(=O)N(c3ccc(O)cc3Cl)C(=O)C2C1. The second kappa shape index (κ2) is 4.77. The summed E-state index contributed by atoms with van der Waals surface area (Å²) in [5, 5.41) is 9.59. The number of carbonyl (C=O) groups is 2. The number of anilines is 1. The Balaban J connectivity index is 1.94. The topological polar surface area (TPSA) is 57.6 Å². The number of aromatic hydroxyl groups is 1. The predicted octanol–water partition coefficient (Wildman–Crippen LogP) is 2.97. The maximum atomic E-state index is 12.5. The molecule has 2 aliphatic rings. The molecule has 1 aromatic carbocycles. The van der Waals surface area contributed by atoms with Gasteiger partial charge < -0.3 is 5.11 Å². The number of halogens is 1. The van der Waals surface area contributed by atoms with Gasteiger partial charge >= 0.3 is 0 Å². The Hall–Kier alpha value is -1.55. The van der Waals surface area contributed by atoms with E-state index in [1.807, 2.05) is 0 Å². The minimum Gasteiger partial charge on any atom is -0.508 e. The Morgan fingerprint density at radius 1 is 1.25 bits per heavy atom. The first-order valence-electron chi connectivity index (χ1n) is 6.89. The lowest BCUT2D eigenvalue weighted by atomic mass is 10.00. The molecule has 3 rings (SSSR count). The van der Waals surface area contributed by atoms with E-state index < -0.39 is 0 Å². The molecule has 2 unspecified atom stereocenters. The molecule has 1 aromatic rings. The Morgan fingerprint density at radius 3 is 2.35 bits per heavy atom. The largest absolute Gasteiger partial charge is 0.508 e. The van der Waals surface area contributed by atoms with Crippen LogP contribution in [-0.2, 0) is 9.59 Å². The molecule has 1 aliphatic carbocycles. The normalized spacial score (nSPS) is 29.1. The Labute approximate surface area is 122 Å². The molecule has 2 fully saturated rings. The van der Waals surface area contributed by atoms with Crippen molar-refractivity contribution in [2.75, 3.05) is 4.90 Å². The average Bonchev–Trinajstić information content (AvgIpc) is 2.93. The number of phenols is 1. The van der Waals surface area contributed by atoms with Crippen LogP contribution in [0.4, 0.5) is 5.69 Å². The van der Waals surface area contributed by atoms with Crippen molar-refractivity contribution < 1.29 is 14.7 Å². The van der Waals surface area contributed by atoms with Gasteiger partial charge in [-0.15, -0.1) is 0 Å². The van der Waals surface area contributed by atoms with Crippen LogP contribution in [0.3, 0.4) is 0 Å². The number of hydrogen-bond acceptors (Lipinski definition) is 3. The summed E-state index contributed by atoms with van der Waals surface area (Å²) in [6, 6.07) is 4.30. The predicted molar refractivity (Wildman–Crippen MR) is 75.6 cm³/mol. The van der Waals surface area contributed by atoms with E-state index in [0.29, 0.717) is 11.6 Å². The molecule has 1 heterocycles. The molecule has 1 saturated carbocycles. The number of amides is 2. The van der Waals surface area contributed by atoms with Crippen LogP contribution in [0, 0.1) is 17.8 Å². The fourth-order valence-electron chi connectivity index (χ4n) is 3.38. The quantitative estimate of drug-likeness (QED) is 0.853. The Bertz CT molecular complexity index is 562. The number of nitrogens with zero attached hydrogens (tertiary/aromatic N) is 1. The number of rotatable bonds is 2. The molecular formula is C15H16ClNO3. The van der Waals surface area contributed by atoms with Crippen LogP contribution >= 0.6 is 11.6 Å². The van der Waals surface area contributed by atoms with Crippen molar-refractivity contribution >= 4 is 29.1 Å². The monoisotopic (exact) mass is 293 g/mol. The third-order valence-electron chi connectivity index (χ3n) is 4.48. The highest BCUT2D eigenvalue weighted by Gasteiger charge is 2.53. The molecule has 20 heavy (non-hydrogen) atoms. The van der Waals surface area contributed by atoms with Crippen LogP contribution < -0.4 is 4.90 Å². The lowest BCUT2D eigenvalue weighted by Gasteiger charge is -2.18. The molecule has 1 N–H and O–H groups in total. The molecular weight excluding hydrogens is 278 g/mol. The van der Waals surface area contributed by atoms with Crippen LogP contribution in [0.1, 0.15) is 26.2 Å². The molecule has 2 atom stereocenters. The molecule has 1 aliphatic heterocycles. The first kappa shape index (κ1) is 13.4. The van der Waals surface area contributed by atoms with E-state index >= 15 is 0 Å². The summed E-state index contributed by atoms with van der Waals surface area (Å²) in [4.78, 5) is 26.2. The maximum Gasteiger partial charge on any atom is 0.237 e. The van der Waals surface area contributed by atoms with Crippen LogP contribution in [-0.4, -0.2) is 16.9 Å². The lowest BCUT2D eigenvalue weighted by Crippen LogP contribution is -2.32. The van der Waals surface area contributed by atoms with Gasteiger partial charge in [0.2, 0.25) is 11.8 Å². The van der Waals surface area contributed by atoms with E-state index in [-0.39, 0.29) is 34.4 Å². The minimum atomic E-state index is -0.197. The summed E-state index contributed by atoms with van der Waals surface area (Å²) in [6.07, 6.45) is 2.59. The first-order chi connectivity index (χ1) is 9.52. The van der Waals surface area contributed by atoms with Crippen LogP contribution in [0.25, 0.3) is 0 Å². The highest BCUT2D eigenvalue weighted by Crippen LogP contribution is 2.46. The van der Waals surface area contributed by atoms with Gasteiger partial charge in [0.15, 0.2) is 0 Å². The first-order valence-corrected chi connectivity index (χ1v) is 7.27. The molecule has 0 bridgehead atoms. The fourth-order valence-corrected chi connectivity index (χ4v) is 3.64. The van der Waals surface area contributed by atoms with E-state index in [2.05, 4.69) is 6.92 Å². The summed E-state index contributed by atoms with van der Waals surface area (Å²) in [6.45, 7) is 2.09. The standard InChI is InChI=1S/C15H16ClNO3/c1-2-8-5-10-11(6-8)15(20)17(14(10)19)13-4-3-9(18)7-12(13)16/h3-4,7-8,10-11,18H,2,5-6H2,1H3. The van der Waals surface area contributed by atoms with Gasteiger partial charge in [-0.1, -0.05) is 24.9 Å². The summed E-state index contributed by atoms with van der Waals surface area (Å²) in [5.74, 6) is -0.207. The molecule has 2 amide bonds. The van der Waals surface area contributed by atoms with Gasteiger partial charge in [-0.3, -0.25) is 9.59 Å². The summed E-state index contributed by atoms with van der Waals surface area (Å²) in [7, 11) is 0. The highest BCUT2D eigenvalue weighted by molar-refractivity contribution is 6.36. The lowest BCUT2D eigenvalue weighted by molar-refractivity contribution is -0.123. The highest BCUT2D eigenvalue weighted by atomic mass is 35.5. The van der Waals surface area contributed by atoms with Crippen molar-refractivity contribution in [3.63, 3.8) is 0 Å². The summed E-state index contributed by atoms with van der Waals surface area (Å²) >= 11 is 6.05. The van der Waals surface area contributed by atoms with E-state index in [4.69, 9.17) is 11.6 Å². The van der Waals surface area contributed by atoms with Gasteiger partial charge in [-0.25, -0.2) is 4.90 Å². The molecule has 1 saturated heterocycles. The minimum absolute atomic E-state index is 0.0177. The molecule has 0 aromatic heterocycles. The summed E-state index contributed by atoms with van der Waals surface area (Å²) in [5.41, 5.74) is 0.377. The Kier molecular flexibility index (Phi) is 3.21. The van der Waals surface area contributed by atoms with Crippen molar-refractivity contribution in [1.29, 1.82) is 0 Å². The summed E-state index contributed by atoms with van der Waals surface area (Å²) < 4.78 is 0. The van der Waals surface area contributed by atoms with Crippen LogP contribution in [0.15, 0.2) is 18.2 Å². The zero-order valence-corrected chi connectivity index (χ0v) is 11.9. The van der Waals surface area contributed by atoms with Gasteiger partial charge in [0.1, 0.15) is 5.75 Å².